The van der Waals surface area contributed by atoms with Gasteiger partial charge in [0.05, 0.1) is 12.8 Å². The van der Waals surface area contributed by atoms with Crippen LogP contribution in [0.2, 0.25) is 0 Å². The number of aromatic amines is 1. The maximum atomic E-state index is 5.59. The number of nitrogens with one attached hydrogen (secondary N) is 1. The maximum Gasteiger partial charge on any atom is 0.216 e. The predicted octanol–water partition coefficient (Wildman–Crippen LogP) is 3.28. The van der Waals surface area contributed by atoms with Crippen LogP contribution in [0.25, 0.3) is 11.4 Å². The van der Waals surface area contributed by atoms with Gasteiger partial charge in [0.1, 0.15) is 5.75 Å². The third-order valence-electron chi connectivity index (χ3n) is 3.10. The first-order chi connectivity index (χ1) is 11.3. The Balaban J connectivity index is 1.98. The van der Waals surface area contributed by atoms with Gasteiger partial charge in [-0.25, -0.2) is 5.10 Å². The highest BCUT2D eigenvalue weighted by Crippen LogP contribution is 2.18. The summed E-state index contributed by atoms with van der Waals surface area (Å²) in [6.07, 6.45) is 5.12. The number of hydrogen-bond donors (Lipinski definition) is 1. The van der Waals surface area contributed by atoms with Crippen LogP contribution in [0.1, 0.15) is 12.5 Å². The van der Waals surface area contributed by atoms with Gasteiger partial charge >= 0.3 is 0 Å². The Labute approximate surface area is 138 Å². The Morgan fingerprint density at radius 1 is 1.30 bits per heavy atom. The molecule has 1 N–H and O–H groups in total. The topological polar surface area (TPSA) is 68.1 Å². The number of pyridine rings is 1. The first-order valence-electron chi connectivity index (χ1n) is 7.13. The van der Waals surface area contributed by atoms with Crippen LogP contribution in [-0.4, -0.2) is 32.7 Å². The molecule has 3 rings (SSSR count). The number of ether oxygens (including phenoxy) is 1. The summed E-state index contributed by atoms with van der Waals surface area (Å²) in [7, 11) is 0. The quantitative estimate of drug-likeness (QED) is 0.577. The average Bonchev–Trinajstić information content (AvgIpc) is 2.96. The number of benzene rings is 1. The summed E-state index contributed by atoms with van der Waals surface area (Å²) in [5.74, 6) is 1.38. The Bertz CT molecular complexity index is 869. The van der Waals surface area contributed by atoms with E-state index in [1.807, 2.05) is 43.3 Å². The molecule has 116 valence electrons. The molecule has 0 fully saturated rings. The van der Waals surface area contributed by atoms with Crippen molar-refractivity contribution in [2.45, 2.75) is 6.92 Å². The zero-order chi connectivity index (χ0) is 16.1. The van der Waals surface area contributed by atoms with Crippen molar-refractivity contribution >= 4 is 18.4 Å². The van der Waals surface area contributed by atoms with Crippen molar-refractivity contribution in [3.63, 3.8) is 0 Å². The normalized spacial score (nSPS) is 11.0. The molecule has 0 saturated carbocycles. The SMILES string of the molecule is CCOc1ccccc1/C=N/n1c(-c2cccnc2)n[nH]c1=S. The fraction of sp³-hybridized carbons (Fsp3) is 0.125. The molecule has 23 heavy (non-hydrogen) atoms. The van der Waals surface area contributed by atoms with E-state index in [0.717, 1.165) is 16.9 Å². The van der Waals surface area contributed by atoms with E-state index in [2.05, 4.69) is 20.3 Å². The van der Waals surface area contributed by atoms with E-state index >= 15 is 0 Å². The molecule has 6 nitrogen and oxygen atoms in total. The van der Waals surface area contributed by atoms with Gasteiger partial charge in [-0.2, -0.15) is 14.9 Å². The monoisotopic (exact) mass is 325 g/mol. The van der Waals surface area contributed by atoms with Gasteiger partial charge in [0.25, 0.3) is 0 Å². The zero-order valence-corrected chi connectivity index (χ0v) is 13.3. The summed E-state index contributed by atoms with van der Waals surface area (Å²) in [6.45, 7) is 2.54. The van der Waals surface area contributed by atoms with E-state index in [0.29, 0.717) is 17.2 Å². The van der Waals surface area contributed by atoms with E-state index in [-0.39, 0.29) is 0 Å². The number of rotatable bonds is 5. The van der Waals surface area contributed by atoms with Gasteiger partial charge in [0.15, 0.2) is 5.82 Å². The van der Waals surface area contributed by atoms with E-state index in [4.69, 9.17) is 17.0 Å². The third kappa shape index (κ3) is 3.35. The summed E-state index contributed by atoms with van der Waals surface area (Å²) in [6, 6.07) is 11.4. The number of nitrogens with zero attached hydrogens (tertiary/aromatic N) is 4. The molecule has 0 aliphatic carbocycles. The minimum Gasteiger partial charge on any atom is -0.493 e. The van der Waals surface area contributed by atoms with Crippen molar-refractivity contribution in [1.82, 2.24) is 19.9 Å². The highest BCUT2D eigenvalue weighted by molar-refractivity contribution is 7.71. The summed E-state index contributed by atoms with van der Waals surface area (Å²) in [5, 5.41) is 11.4. The van der Waals surface area contributed by atoms with Crippen LogP contribution in [0.4, 0.5) is 0 Å². The highest BCUT2D eigenvalue weighted by Gasteiger charge is 2.08. The molecule has 2 heterocycles. The van der Waals surface area contributed by atoms with Crippen molar-refractivity contribution < 1.29 is 4.74 Å². The lowest BCUT2D eigenvalue weighted by molar-refractivity contribution is 0.340. The van der Waals surface area contributed by atoms with E-state index < -0.39 is 0 Å². The Kier molecular flexibility index (Phi) is 4.58. The Hall–Kier alpha value is -2.80. The van der Waals surface area contributed by atoms with Gasteiger partial charge in [-0.05, 0) is 43.4 Å². The van der Waals surface area contributed by atoms with Crippen molar-refractivity contribution in [3.8, 4) is 17.1 Å². The fourth-order valence-electron chi connectivity index (χ4n) is 2.07. The fourth-order valence-corrected chi connectivity index (χ4v) is 2.25. The Morgan fingerprint density at radius 3 is 2.96 bits per heavy atom. The molecule has 7 heteroatoms. The van der Waals surface area contributed by atoms with E-state index in [1.54, 1.807) is 23.3 Å². The first-order valence-corrected chi connectivity index (χ1v) is 7.54. The van der Waals surface area contributed by atoms with E-state index in [1.165, 1.54) is 0 Å². The zero-order valence-electron chi connectivity index (χ0n) is 12.5. The second kappa shape index (κ2) is 6.97. The van der Waals surface area contributed by atoms with E-state index in [9.17, 15) is 0 Å². The maximum absolute atomic E-state index is 5.59. The molecule has 0 amide bonds. The molecule has 0 unspecified atom stereocenters. The lowest BCUT2D eigenvalue weighted by Gasteiger charge is -2.06. The minimum absolute atomic E-state index is 0.411. The largest absolute Gasteiger partial charge is 0.493 e. The molecule has 2 aromatic heterocycles. The Morgan fingerprint density at radius 2 is 2.17 bits per heavy atom. The second-order valence-electron chi connectivity index (χ2n) is 4.62. The lowest BCUT2D eigenvalue weighted by atomic mass is 10.2. The third-order valence-corrected chi connectivity index (χ3v) is 3.37. The smallest absolute Gasteiger partial charge is 0.216 e. The van der Waals surface area contributed by atoms with Gasteiger partial charge in [0.2, 0.25) is 4.77 Å². The molecule has 0 bridgehead atoms. The molecule has 0 spiro atoms. The van der Waals surface area contributed by atoms with Gasteiger partial charge < -0.3 is 4.74 Å². The van der Waals surface area contributed by atoms with Crippen LogP contribution >= 0.6 is 12.2 Å². The van der Waals surface area contributed by atoms with Crippen molar-refractivity contribution in [2.24, 2.45) is 5.10 Å². The molecule has 0 aliphatic heterocycles. The van der Waals surface area contributed by atoms with Crippen LogP contribution in [-0.2, 0) is 0 Å². The van der Waals surface area contributed by atoms with Gasteiger partial charge in [0, 0.05) is 23.5 Å². The number of para-hydroxylation sites is 1. The van der Waals surface area contributed by atoms with Crippen LogP contribution in [0.5, 0.6) is 5.75 Å². The summed E-state index contributed by atoms with van der Waals surface area (Å²) < 4.78 is 7.57. The summed E-state index contributed by atoms with van der Waals surface area (Å²) >= 11 is 5.25. The van der Waals surface area contributed by atoms with Crippen molar-refractivity contribution in [2.75, 3.05) is 6.61 Å². The van der Waals surface area contributed by atoms with Gasteiger partial charge in [-0.1, -0.05) is 12.1 Å². The molecule has 0 radical (unpaired) electrons. The van der Waals surface area contributed by atoms with Gasteiger partial charge in [-0.3, -0.25) is 4.98 Å². The molecular formula is C16H15N5OS. The number of aromatic nitrogens is 4. The standard InChI is InChI=1S/C16H15N5OS/c1-2-22-14-8-4-3-6-12(14)11-18-21-15(19-20-16(21)23)13-7-5-9-17-10-13/h3-11H,2H2,1H3,(H,20,23)/b18-11+. The molecular weight excluding hydrogens is 310 g/mol. The molecule has 3 aromatic rings. The van der Waals surface area contributed by atoms with Crippen molar-refractivity contribution in [1.29, 1.82) is 0 Å². The van der Waals surface area contributed by atoms with Gasteiger partial charge in [-0.15, -0.1) is 0 Å². The number of H-pyrrole nitrogens is 1. The molecule has 1 aromatic carbocycles. The number of hydrogen-bond acceptors (Lipinski definition) is 5. The lowest BCUT2D eigenvalue weighted by Crippen LogP contribution is -1.98. The molecule has 0 atom stereocenters. The average molecular weight is 325 g/mol. The highest BCUT2D eigenvalue weighted by atomic mass is 32.1. The van der Waals surface area contributed by atoms with Crippen molar-refractivity contribution in [3.05, 3.63) is 59.1 Å². The first kappa shape index (κ1) is 15.1. The predicted molar refractivity (Wildman–Crippen MR) is 91.2 cm³/mol. The summed E-state index contributed by atoms with van der Waals surface area (Å²) in [5.41, 5.74) is 1.70. The second-order valence-corrected chi connectivity index (χ2v) is 5.01. The van der Waals surface area contributed by atoms with Crippen LogP contribution in [0, 0.1) is 4.77 Å². The van der Waals surface area contributed by atoms with Crippen LogP contribution in [0.3, 0.4) is 0 Å². The molecule has 0 saturated heterocycles. The van der Waals surface area contributed by atoms with Crippen LogP contribution < -0.4 is 4.74 Å². The minimum atomic E-state index is 0.411. The van der Waals surface area contributed by atoms with Crippen LogP contribution in [0.15, 0.2) is 53.9 Å². The summed E-state index contributed by atoms with van der Waals surface area (Å²) in [4.78, 5) is 4.10. The molecule has 0 aliphatic rings.